The van der Waals surface area contributed by atoms with Gasteiger partial charge in [-0.1, -0.05) is 54.1 Å². The molecule has 0 spiro atoms. The third-order valence-electron chi connectivity index (χ3n) is 13.0. The van der Waals surface area contributed by atoms with Crippen molar-refractivity contribution < 1.29 is 23.9 Å². The van der Waals surface area contributed by atoms with Crippen LogP contribution in [0.4, 0.5) is 4.39 Å². The molecule has 3 N–H and O–H groups in total. The van der Waals surface area contributed by atoms with Crippen molar-refractivity contribution in [3.63, 3.8) is 0 Å². The summed E-state index contributed by atoms with van der Waals surface area (Å²) in [6, 6.07) is 22.5. The van der Waals surface area contributed by atoms with Crippen LogP contribution in [0.3, 0.4) is 0 Å². The number of likely N-dealkylation sites (N-methyl/N-ethyl adjacent to an activating group) is 1. The van der Waals surface area contributed by atoms with E-state index in [9.17, 15) is 28.7 Å². The molecule has 2 aromatic heterocycles. The molecule has 5 aromatic rings. The standard InChI is InChI=1S/C50H56ClFN8O5/c1-57-24-26-58(27-25-57)21-17-46(61)55-39-14-16-41-44(30-39)54-33-60(49(41)64)32-50(65)18-22-59(23-19-50)48(63)37(28-34-6-3-2-4-7-34)8-5-20-53-47(62)36-11-15-40-42(51)31-43(56-45(40)29-36)35-9-12-38(52)13-10-35/h2-4,6-7,9-16,29,31,33,37,39,65H,5,8,17-28,30,32H2,1H3,(H,53,62)(H,55,61). The zero-order valence-corrected chi connectivity index (χ0v) is 37.5. The Bertz CT molecular complexity index is 2590. The van der Waals surface area contributed by atoms with E-state index in [0.717, 1.165) is 31.7 Å². The fourth-order valence-corrected chi connectivity index (χ4v) is 9.28. The number of likely N-dealkylation sites (tertiary alicyclic amines) is 1. The lowest BCUT2D eigenvalue weighted by atomic mass is 9.88. The summed E-state index contributed by atoms with van der Waals surface area (Å²) in [6.45, 7) is 5.71. The molecule has 65 heavy (non-hydrogen) atoms. The molecular weight excluding hydrogens is 847 g/mol. The monoisotopic (exact) mass is 902 g/mol. The molecule has 1 aliphatic carbocycles. The molecule has 2 atom stereocenters. The lowest BCUT2D eigenvalue weighted by molar-refractivity contribution is -0.140. The highest BCUT2D eigenvalue weighted by Gasteiger charge is 2.37. The molecule has 2 unspecified atom stereocenters. The first-order chi connectivity index (χ1) is 31.4. The summed E-state index contributed by atoms with van der Waals surface area (Å²) in [6.07, 6.45) is 8.11. The number of piperidine rings is 1. The molecular formula is C50H56ClFN8O5. The Morgan fingerprint density at radius 1 is 0.969 bits per heavy atom. The van der Waals surface area contributed by atoms with Crippen LogP contribution >= 0.6 is 11.6 Å². The second kappa shape index (κ2) is 20.6. The van der Waals surface area contributed by atoms with Gasteiger partial charge in [0, 0.05) is 87.6 Å². The molecule has 4 heterocycles. The summed E-state index contributed by atoms with van der Waals surface area (Å²) in [5.74, 6) is -1.00. The Labute approximate surface area is 383 Å². The number of fused-ring (bicyclic) bond motifs is 2. The van der Waals surface area contributed by atoms with E-state index in [1.165, 1.54) is 23.0 Å². The number of nitrogens with one attached hydrogen (secondary N) is 2. The minimum atomic E-state index is -1.21. The molecule has 3 aromatic carbocycles. The normalized spacial score (nSPS) is 18.0. The molecule has 15 heteroatoms. The number of rotatable bonds is 15. The van der Waals surface area contributed by atoms with Gasteiger partial charge in [-0.2, -0.15) is 0 Å². The number of nitrogens with zero attached hydrogens (tertiary/aromatic N) is 6. The zero-order chi connectivity index (χ0) is 45.5. The minimum absolute atomic E-state index is 0.00426. The maximum Gasteiger partial charge on any atom is 0.260 e. The predicted molar refractivity (Wildman–Crippen MR) is 250 cm³/mol. The Balaban J connectivity index is 0.837. The number of hydrogen-bond acceptors (Lipinski definition) is 9. The summed E-state index contributed by atoms with van der Waals surface area (Å²) in [5.41, 5.74) is 2.89. The molecule has 13 nitrogen and oxygen atoms in total. The molecule has 0 radical (unpaired) electrons. The molecule has 2 aliphatic heterocycles. The number of carbonyl (C=O) groups is 3. The van der Waals surface area contributed by atoms with E-state index in [2.05, 4.69) is 32.5 Å². The van der Waals surface area contributed by atoms with Crippen molar-refractivity contribution >= 4 is 46.3 Å². The first-order valence-corrected chi connectivity index (χ1v) is 22.9. The van der Waals surface area contributed by atoms with Gasteiger partial charge in [0.25, 0.3) is 11.5 Å². The molecule has 0 bridgehead atoms. The maximum absolute atomic E-state index is 14.2. The smallest absolute Gasteiger partial charge is 0.260 e. The number of benzene rings is 3. The SMILES string of the molecule is CN1CCN(CCC(=O)NC2C=Cc3c(ncn(CC4(O)CCN(C(=O)C(CCCNC(=O)c5ccc6c(Cl)cc(-c7ccc(F)cc7)nc6c5)Cc5ccccc5)CC4)c3=O)C2)CC1. The van der Waals surface area contributed by atoms with Gasteiger partial charge >= 0.3 is 0 Å². The average Bonchev–Trinajstić information content (AvgIpc) is 3.31. The van der Waals surface area contributed by atoms with Crippen molar-refractivity contribution in [2.24, 2.45) is 5.92 Å². The lowest BCUT2D eigenvalue weighted by Crippen LogP contribution is -2.51. The zero-order valence-electron chi connectivity index (χ0n) is 36.7. The Morgan fingerprint density at radius 3 is 2.48 bits per heavy atom. The van der Waals surface area contributed by atoms with Gasteiger partial charge in [-0.3, -0.25) is 23.7 Å². The van der Waals surface area contributed by atoms with E-state index >= 15 is 0 Å². The van der Waals surface area contributed by atoms with Crippen molar-refractivity contribution in [3.05, 3.63) is 135 Å². The van der Waals surface area contributed by atoms with E-state index < -0.39 is 5.60 Å². The second-order valence-electron chi connectivity index (χ2n) is 17.7. The van der Waals surface area contributed by atoms with Crippen LogP contribution in [0.15, 0.2) is 96.1 Å². The Hall–Kier alpha value is -5.80. The molecule has 3 amide bonds. The van der Waals surface area contributed by atoms with Gasteiger partial charge in [-0.25, -0.2) is 14.4 Å². The largest absolute Gasteiger partial charge is 0.388 e. The third kappa shape index (κ3) is 11.5. The lowest BCUT2D eigenvalue weighted by Gasteiger charge is -2.39. The number of piperazine rings is 1. The molecule has 8 rings (SSSR count). The summed E-state index contributed by atoms with van der Waals surface area (Å²) >= 11 is 6.57. The molecule has 0 saturated carbocycles. The van der Waals surface area contributed by atoms with Gasteiger partial charge in [0.15, 0.2) is 0 Å². The number of aliphatic hydroxyl groups is 1. The number of amides is 3. The number of aromatic nitrogens is 3. The Morgan fingerprint density at radius 2 is 1.72 bits per heavy atom. The second-order valence-corrected chi connectivity index (χ2v) is 18.1. The van der Waals surface area contributed by atoms with Crippen LogP contribution in [0.25, 0.3) is 28.2 Å². The topological polar surface area (TPSA) is 153 Å². The van der Waals surface area contributed by atoms with E-state index in [4.69, 9.17) is 16.6 Å². The number of pyridine rings is 1. The van der Waals surface area contributed by atoms with Crippen molar-refractivity contribution in [2.45, 2.75) is 63.1 Å². The van der Waals surface area contributed by atoms with E-state index in [1.807, 2.05) is 41.3 Å². The van der Waals surface area contributed by atoms with Gasteiger partial charge in [0.05, 0.1) is 52.0 Å². The first-order valence-electron chi connectivity index (χ1n) is 22.6. The fourth-order valence-electron chi connectivity index (χ4n) is 9.02. The highest BCUT2D eigenvalue weighted by Crippen LogP contribution is 2.30. The van der Waals surface area contributed by atoms with E-state index in [1.54, 1.807) is 42.5 Å². The highest BCUT2D eigenvalue weighted by atomic mass is 35.5. The van der Waals surface area contributed by atoms with Crippen LogP contribution in [-0.2, 0) is 29.0 Å². The van der Waals surface area contributed by atoms with Crippen LogP contribution in [0, 0.1) is 11.7 Å². The summed E-state index contributed by atoms with van der Waals surface area (Å²) in [7, 11) is 2.11. The quantitative estimate of drug-likeness (QED) is 0.118. The van der Waals surface area contributed by atoms with Crippen molar-refractivity contribution in [3.8, 4) is 11.3 Å². The van der Waals surface area contributed by atoms with Gasteiger partial charge in [-0.15, -0.1) is 0 Å². The molecule has 340 valence electrons. The number of carbonyl (C=O) groups excluding carboxylic acids is 3. The fraction of sp³-hybridized carbons (Fsp3) is 0.400. The van der Waals surface area contributed by atoms with Crippen LogP contribution in [0.2, 0.25) is 5.02 Å². The summed E-state index contributed by atoms with van der Waals surface area (Å²) < 4.78 is 15.0. The average molecular weight is 903 g/mol. The Kier molecular flexibility index (Phi) is 14.5. The van der Waals surface area contributed by atoms with E-state index in [-0.39, 0.29) is 47.6 Å². The highest BCUT2D eigenvalue weighted by molar-refractivity contribution is 6.35. The van der Waals surface area contributed by atoms with Crippen LogP contribution < -0.4 is 16.2 Å². The number of hydrogen-bond donors (Lipinski definition) is 3. The maximum atomic E-state index is 14.2. The van der Waals surface area contributed by atoms with Crippen molar-refractivity contribution in [2.75, 3.05) is 59.4 Å². The van der Waals surface area contributed by atoms with Crippen molar-refractivity contribution in [1.29, 1.82) is 0 Å². The summed E-state index contributed by atoms with van der Waals surface area (Å²) in [4.78, 5) is 69.6. The van der Waals surface area contributed by atoms with Gasteiger partial charge in [-0.05, 0) is 93.3 Å². The van der Waals surface area contributed by atoms with Gasteiger partial charge in [0.1, 0.15) is 5.82 Å². The minimum Gasteiger partial charge on any atom is -0.388 e. The first kappa shape index (κ1) is 45.8. The van der Waals surface area contributed by atoms with Gasteiger partial charge in [0.2, 0.25) is 11.8 Å². The van der Waals surface area contributed by atoms with Crippen LogP contribution in [-0.4, -0.2) is 123 Å². The van der Waals surface area contributed by atoms with Gasteiger partial charge < -0.3 is 30.4 Å². The third-order valence-corrected chi connectivity index (χ3v) is 13.3. The summed E-state index contributed by atoms with van der Waals surface area (Å²) in [5, 5.41) is 19.0. The number of halogens is 2. The molecule has 2 fully saturated rings. The van der Waals surface area contributed by atoms with Crippen LogP contribution in [0.1, 0.15) is 59.3 Å². The predicted octanol–water partition coefficient (Wildman–Crippen LogP) is 5.37. The van der Waals surface area contributed by atoms with Crippen LogP contribution in [0.5, 0.6) is 0 Å². The van der Waals surface area contributed by atoms with E-state index in [0.29, 0.717) is 115 Å². The van der Waals surface area contributed by atoms with Crippen molar-refractivity contribution in [1.82, 2.24) is 39.9 Å². The molecule has 3 aliphatic rings. The molecule has 2 saturated heterocycles.